The van der Waals surface area contributed by atoms with Gasteiger partial charge in [0.2, 0.25) is 5.91 Å². The highest BCUT2D eigenvalue weighted by atomic mass is 32.2. The summed E-state index contributed by atoms with van der Waals surface area (Å²) in [5, 5.41) is 12.3. The molecule has 0 fully saturated rings. The fourth-order valence-electron chi connectivity index (χ4n) is 2.08. The van der Waals surface area contributed by atoms with Crippen LogP contribution in [0.2, 0.25) is 0 Å². The topological polar surface area (TPSA) is 84.2 Å². The summed E-state index contributed by atoms with van der Waals surface area (Å²) in [7, 11) is 1.58. The highest BCUT2D eigenvalue weighted by Gasteiger charge is 2.18. The van der Waals surface area contributed by atoms with Gasteiger partial charge in [0.25, 0.3) is 5.56 Å². The summed E-state index contributed by atoms with van der Waals surface area (Å²) in [5.41, 5.74) is 0.463. The molecule has 0 aliphatic heterocycles. The second-order valence-corrected chi connectivity index (χ2v) is 6.13. The molecule has 1 atom stereocenters. The van der Waals surface area contributed by atoms with Gasteiger partial charge in [0.1, 0.15) is 0 Å². The molecule has 0 spiro atoms. The number of amides is 1. The Bertz CT molecular complexity index is 730. The van der Waals surface area contributed by atoms with Crippen molar-refractivity contribution in [3.63, 3.8) is 0 Å². The molecule has 22 heavy (non-hydrogen) atoms. The molecular weight excluding hydrogens is 302 g/mol. The van der Waals surface area contributed by atoms with Crippen molar-refractivity contribution in [2.45, 2.75) is 30.3 Å². The predicted octanol–water partition coefficient (Wildman–Crippen LogP) is 1.01. The highest BCUT2D eigenvalue weighted by Crippen LogP contribution is 2.22. The molecule has 0 saturated carbocycles. The zero-order chi connectivity index (χ0) is 16.1. The molecule has 6 nitrogen and oxygen atoms in total. The van der Waals surface area contributed by atoms with Crippen LogP contribution in [0.15, 0.2) is 34.2 Å². The Balaban J connectivity index is 2.49. The van der Waals surface area contributed by atoms with Crippen molar-refractivity contribution in [3.8, 4) is 0 Å². The molecule has 2 aromatic rings. The number of hydrogen-bond acceptors (Lipinski definition) is 5. The van der Waals surface area contributed by atoms with Crippen LogP contribution < -0.4 is 10.9 Å². The summed E-state index contributed by atoms with van der Waals surface area (Å²) < 4.78 is 1.53. The minimum Gasteiger partial charge on any atom is -0.396 e. The third-order valence-electron chi connectivity index (χ3n) is 3.26. The van der Waals surface area contributed by atoms with Crippen LogP contribution in [0.3, 0.4) is 0 Å². The van der Waals surface area contributed by atoms with E-state index in [-0.39, 0.29) is 23.3 Å². The first kappa shape index (κ1) is 16.5. The van der Waals surface area contributed by atoms with Crippen molar-refractivity contribution in [1.82, 2.24) is 14.9 Å². The number of para-hydroxylation sites is 1. The van der Waals surface area contributed by atoms with E-state index in [9.17, 15) is 9.59 Å². The van der Waals surface area contributed by atoms with Gasteiger partial charge in [-0.15, -0.1) is 0 Å². The fraction of sp³-hybridized carbons (Fsp3) is 0.400. The van der Waals surface area contributed by atoms with Crippen LogP contribution in [0.4, 0.5) is 0 Å². The number of rotatable bonds is 6. The maximum atomic E-state index is 12.6. The number of fused-ring (bicyclic) bond motifs is 1. The number of thioether (sulfide) groups is 1. The molecule has 0 aliphatic carbocycles. The number of nitrogens with zero attached hydrogens (tertiary/aromatic N) is 2. The van der Waals surface area contributed by atoms with Gasteiger partial charge >= 0.3 is 0 Å². The van der Waals surface area contributed by atoms with Crippen LogP contribution in [-0.2, 0) is 11.3 Å². The summed E-state index contributed by atoms with van der Waals surface area (Å²) in [4.78, 5) is 28.8. The van der Waals surface area contributed by atoms with E-state index in [1.54, 1.807) is 32.2 Å². The van der Waals surface area contributed by atoms with Gasteiger partial charge in [0.15, 0.2) is 5.16 Å². The standard InChI is InChI=1S/C15H19N3O3S/c1-10(13(20)16-2)22-15-17-12-7-4-3-6-11(12)14(21)18(15)8-5-9-19/h3-4,6-7,10,19H,5,8-9H2,1-2H3,(H,16,20). The maximum absolute atomic E-state index is 12.6. The molecular formula is C15H19N3O3S. The summed E-state index contributed by atoms with van der Waals surface area (Å²) in [6.07, 6.45) is 0.460. The molecule has 1 unspecified atom stereocenters. The quantitative estimate of drug-likeness (QED) is 0.613. The molecule has 1 aromatic carbocycles. The van der Waals surface area contributed by atoms with Crippen molar-refractivity contribution in [1.29, 1.82) is 0 Å². The van der Waals surface area contributed by atoms with E-state index in [4.69, 9.17) is 5.11 Å². The number of carbonyl (C=O) groups excluding carboxylic acids is 1. The first-order valence-corrected chi connectivity index (χ1v) is 7.95. The van der Waals surface area contributed by atoms with Crippen molar-refractivity contribution in [2.24, 2.45) is 0 Å². The van der Waals surface area contributed by atoms with E-state index in [2.05, 4.69) is 10.3 Å². The van der Waals surface area contributed by atoms with E-state index in [1.807, 2.05) is 6.07 Å². The van der Waals surface area contributed by atoms with Crippen LogP contribution in [0.1, 0.15) is 13.3 Å². The predicted molar refractivity (Wildman–Crippen MR) is 87.1 cm³/mol. The van der Waals surface area contributed by atoms with Crippen LogP contribution in [0.25, 0.3) is 10.9 Å². The first-order chi connectivity index (χ1) is 10.6. The average molecular weight is 321 g/mol. The third-order valence-corrected chi connectivity index (χ3v) is 4.35. The SMILES string of the molecule is CNC(=O)C(C)Sc1nc2ccccc2c(=O)n1CCCO. The van der Waals surface area contributed by atoms with Gasteiger partial charge in [-0.1, -0.05) is 23.9 Å². The molecule has 0 radical (unpaired) electrons. The Morgan fingerprint density at radius 3 is 2.86 bits per heavy atom. The van der Waals surface area contributed by atoms with Gasteiger partial charge in [0, 0.05) is 20.2 Å². The van der Waals surface area contributed by atoms with Gasteiger partial charge in [0.05, 0.1) is 16.2 Å². The molecule has 2 N–H and O–H groups in total. The van der Waals surface area contributed by atoms with Crippen LogP contribution in [0.5, 0.6) is 0 Å². The lowest BCUT2D eigenvalue weighted by Gasteiger charge is -2.15. The van der Waals surface area contributed by atoms with Gasteiger partial charge < -0.3 is 10.4 Å². The van der Waals surface area contributed by atoms with Gasteiger partial charge in [-0.2, -0.15) is 0 Å². The molecule has 1 aromatic heterocycles. The van der Waals surface area contributed by atoms with E-state index in [0.29, 0.717) is 29.0 Å². The number of aromatic nitrogens is 2. The van der Waals surface area contributed by atoms with Crippen LogP contribution >= 0.6 is 11.8 Å². The maximum Gasteiger partial charge on any atom is 0.262 e. The van der Waals surface area contributed by atoms with Crippen molar-refractivity contribution in [2.75, 3.05) is 13.7 Å². The number of benzene rings is 1. The Kier molecular flexibility index (Phi) is 5.57. The summed E-state index contributed by atoms with van der Waals surface area (Å²) >= 11 is 1.24. The number of nitrogens with one attached hydrogen (secondary N) is 1. The van der Waals surface area contributed by atoms with Gasteiger partial charge in [-0.05, 0) is 25.5 Å². The highest BCUT2D eigenvalue weighted by molar-refractivity contribution is 8.00. The Labute approximate surface area is 132 Å². The van der Waals surface area contributed by atoms with Gasteiger partial charge in [-0.3, -0.25) is 14.2 Å². The largest absolute Gasteiger partial charge is 0.396 e. The number of aliphatic hydroxyl groups excluding tert-OH is 1. The smallest absolute Gasteiger partial charge is 0.262 e. The Hall–Kier alpha value is -1.86. The minimum atomic E-state index is -0.363. The molecule has 0 saturated heterocycles. The molecule has 2 rings (SSSR count). The molecule has 7 heteroatoms. The third kappa shape index (κ3) is 3.48. The van der Waals surface area contributed by atoms with Crippen molar-refractivity contribution >= 4 is 28.6 Å². The van der Waals surface area contributed by atoms with Gasteiger partial charge in [-0.25, -0.2) is 4.98 Å². The normalized spacial score (nSPS) is 12.3. The molecule has 0 bridgehead atoms. The van der Waals surface area contributed by atoms with Crippen molar-refractivity contribution < 1.29 is 9.90 Å². The lowest BCUT2D eigenvalue weighted by atomic mass is 10.2. The zero-order valence-electron chi connectivity index (χ0n) is 12.6. The van der Waals surface area contributed by atoms with Crippen LogP contribution in [-0.4, -0.2) is 39.5 Å². The molecule has 1 heterocycles. The monoisotopic (exact) mass is 321 g/mol. The van der Waals surface area contributed by atoms with E-state index in [0.717, 1.165) is 0 Å². The second-order valence-electron chi connectivity index (χ2n) is 4.82. The molecule has 0 aliphatic rings. The second kappa shape index (κ2) is 7.42. The van der Waals surface area contributed by atoms with E-state index < -0.39 is 0 Å². The number of hydrogen-bond donors (Lipinski definition) is 2. The van der Waals surface area contributed by atoms with Crippen molar-refractivity contribution in [3.05, 3.63) is 34.6 Å². The lowest BCUT2D eigenvalue weighted by molar-refractivity contribution is -0.119. The van der Waals surface area contributed by atoms with E-state index >= 15 is 0 Å². The summed E-state index contributed by atoms with van der Waals surface area (Å²) in [6, 6.07) is 7.13. The summed E-state index contributed by atoms with van der Waals surface area (Å²) in [6.45, 7) is 2.13. The fourth-order valence-corrected chi connectivity index (χ4v) is 3.07. The summed E-state index contributed by atoms with van der Waals surface area (Å²) in [5.74, 6) is -0.124. The number of carbonyl (C=O) groups is 1. The molecule has 1 amide bonds. The zero-order valence-corrected chi connectivity index (χ0v) is 13.4. The minimum absolute atomic E-state index is 0.00558. The molecule has 118 valence electrons. The van der Waals surface area contributed by atoms with E-state index in [1.165, 1.54) is 16.3 Å². The average Bonchev–Trinajstić information content (AvgIpc) is 2.53. The van der Waals surface area contributed by atoms with Crippen LogP contribution in [0, 0.1) is 0 Å². The Morgan fingerprint density at radius 2 is 2.18 bits per heavy atom. The Morgan fingerprint density at radius 1 is 1.45 bits per heavy atom. The first-order valence-electron chi connectivity index (χ1n) is 7.07. The lowest BCUT2D eigenvalue weighted by Crippen LogP contribution is -2.29. The number of aliphatic hydroxyl groups is 1.